The lowest BCUT2D eigenvalue weighted by molar-refractivity contribution is -0.136. The average Bonchev–Trinajstić information content (AvgIpc) is 2.16. The van der Waals surface area contributed by atoms with Crippen molar-refractivity contribution < 1.29 is 14.6 Å². The molecule has 0 amide bonds. The van der Waals surface area contributed by atoms with Crippen molar-refractivity contribution in [2.24, 2.45) is 5.92 Å². The summed E-state index contributed by atoms with van der Waals surface area (Å²) in [4.78, 5) is 10.4. The Morgan fingerprint density at radius 1 is 1.57 bits per heavy atom. The van der Waals surface area contributed by atoms with Gasteiger partial charge in [0.05, 0.1) is 12.6 Å². The van der Waals surface area contributed by atoms with Gasteiger partial charge in [0.2, 0.25) is 0 Å². The summed E-state index contributed by atoms with van der Waals surface area (Å²) in [6.07, 6.45) is 3.35. The number of nitrogens with one attached hydrogen (secondary N) is 1. The van der Waals surface area contributed by atoms with Gasteiger partial charge in [-0.1, -0.05) is 6.92 Å². The van der Waals surface area contributed by atoms with Crippen molar-refractivity contribution in [3.05, 3.63) is 0 Å². The molecule has 3 atom stereocenters. The number of rotatable bonds is 4. The molecule has 82 valence electrons. The minimum atomic E-state index is -0.794. The van der Waals surface area contributed by atoms with Crippen molar-refractivity contribution in [1.29, 1.82) is 0 Å². The van der Waals surface area contributed by atoms with E-state index in [1.165, 1.54) is 0 Å². The lowest BCUT2D eigenvalue weighted by atomic mass is 9.84. The van der Waals surface area contributed by atoms with Crippen molar-refractivity contribution >= 4 is 5.97 Å². The molecule has 2 N–H and O–H groups in total. The van der Waals surface area contributed by atoms with E-state index < -0.39 is 5.97 Å². The molecule has 0 bridgehead atoms. The van der Waals surface area contributed by atoms with Crippen molar-refractivity contribution in [3.8, 4) is 0 Å². The summed E-state index contributed by atoms with van der Waals surface area (Å²) in [5.41, 5.74) is 0. The SMILES string of the molecule is COC1CC(NCC(=O)O)CCC1C. The highest BCUT2D eigenvalue weighted by Crippen LogP contribution is 2.26. The average molecular weight is 201 g/mol. The zero-order valence-corrected chi connectivity index (χ0v) is 8.82. The molecule has 4 heteroatoms. The van der Waals surface area contributed by atoms with Crippen LogP contribution >= 0.6 is 0 Å². The fourth-order valence-corrected chi connectivity index (χ4v) is 2.03. The lowest BCUT2D eigenvalue weighted by Crippen LogP contribution is -2.42. The highest BCUT2D eigenvalue weighted by molar-refractivity contribution is 5.69. The van der Waals surface area contributed by atoms with Gasteiger partial charge in [-0.05, 0) is 25.2 Å². The van der Waals surface area contributed by atoms with Crippen molar-refractivity contribution in [2.75, 3.05) is 13.7 Å². The molecule has 0 aromatic rings. The van der Waals surface area contributed by atoms with E-state index in [-0.39, 0.29) is 12.6 Å². The molecule has 0 aromatic heterocycles. The Kier molecular flexibility index (Phi) is 4.35. The van der Waals surface area contributed by atoms with Gasteiger partial charge in [-0.3, -0.25) is 4.79 Å². The molecule has 3 unspecified atom stereocenters. The number of methoxy groups -OCH3 is 1. The summed E-state index contributed by atoms with van der Waals surface area (Å²) in [6, 6.07) is 0.298. The molecule has 1 saturated carbocycles. The summed E-state index contributed by atoms with van der Waals surface area (Å²) in [7, 11) is 1.72. The summed E-state index contributed by atoms with van der Waals surface area (Å²) in [5.74, 6) is -0.208. The van der Waals surface area contributed by atoms with Gasteiger partial charge in [-0.15, -0.1) is 0 Å². The van der Waals surface area contributed by atoms with Crippen LogP contribution in [0.5, 0.6) is 0 Å². The Labute approximate surface area is 84.6 Å². The molecule has 0 aliphatic heterocycles. The number of carboxylic acids is 1. The van der Waals surface area contributed by atoms with E-state index in [2.05, 4.69) is 12.2 Å². The van der Waals surface area contributed by atoms with Crippen LogP contribution in [0.2, 0.25) is 0 Å². The molecule has 4 nitrogen and oxygen atoms in total. The molecule has 0 spiro atoms. The van der Waals surface area contributed by atoms with E-state index in [1.54, 1.807) is 7.11 Å². The van der Waals surface area contributed by atoms with Gasteiger partial charge in [-0.25, -0.2) is 0 Å². The van der Waals surface area contributed by atoms with Crippen molar-refractivity contribution in [3.63, 3.8) is 0 Å². The normalized spacial score (nSPS) is 32.9. The van der Waals surface area contributed by atoms with Crippen LogP contribution in [0, 0.1) is 5.92 Å². The highest BCUT2D eigenvalue weighted by Gasteiger charge is 2.27. The summed E-state index contributed by atoms with van der Waals surface area (Å²) in [6.45, 7) is 2.23. The maximum Gasteiger partial charge on any atom is 0.317 e. The van der Waals surface area contributed by atoms with E-state index in [9.17, 15) is 4.79 Å². The zero-order valence-electron chi connectivity index (χ0n) is 8.82. The molecule has 0 aromatic carbocycles. The molecule has 0 radical (unpaired) electrons. The zero-order chi connectivity index (χ0) is 10.6. The van der Waals surface area contributed by atoms with Gasteiger partial charge < -0.3 is 15.2 Å². The molecular weight excluding hydrogens is 182 g/mol. The first-order valence-electron chi connectivity index (χ1n) is 5.11. The molecule has 1 rings (SSSR count). The van der Waals surface area contributed by atoms with Gasteiger partial charge in [0.25, 0.3) is 0 Å². The minimum absolute atomic E-state index is 0.0511. The Hall–Kier alpha value is -0.610. The largest absolute Gasteiger partial charge is 0.480 e. The Morgan fingerprint density at radius 2 is 2.29 bits per heavy atom. The molecule has 0 heterocycles. The molecule has 1 fully saturated rings. The Balaban J connectivity index is 2.31. The van der Waals surface area contributed by atoms with Gasteiger partial charge >= 0.3 is 5.97 Å². The van der Waals surface area contributed by atoms with Crippen LogP contribution in [0.1, 0.15) is 26.2 Å². The third-order valence-electron chi connectivity index (χ3n) is 2.97. The van der Waals surface area contributed by atoms with Crippen LogP contribution in [-0.2, 0) is 9.53 Å². The van der Waals surface area contributed by atoms with Gasteiger partial charge in [0.15, 0.2) is 0 Å². The van der Waals surface area contributed by atoms with E-state index in [0.717, 1.165) is 19.3 Å². The monoisotopic (exact) mass is 201 g/mol. The van der Waals surface area contributed by atoms with E-state index in [0.29, 0.717) is 12.0 Å². The van der Waals surface area contributed by atoms with Crippen LogP contribution in [0.15, 0.2) is 0 Å². The topological polar surface area (TPSA) is 58.6 Å². The second-order valence-electron chi connectivity index (χ2n) is 4.04. The maximum atomic E-state index is 10.4. The lowest BCUT2D eigenvalue weighted by Gasteiger charge is -2.33. The number of hydrogen-bond acceptors (Lipinski definition) is 3. The molecule has 1 aliphatic rings. The standard InChI is InChI=1S/C10H19NO3/c1-7-3-4-8(5-9(7)14-2)11-6-10(12)13/h7-9,11H,3-6H2,1-2H3,(H,12,13). The third-order valence-corrected chi connectivity index (χ3v) is 2.97. The van der Waals surface area contributed by atoms with Gasteiger partial charge in [0, 0.05) is 13.2 Å². The number of ether oxygens (including phenoxy) is 1. The Bertz CT molecular complexity index is 196. The van der Waals surface area contributed by atoms with E-state index in [1.807, 2.05) is 0 Å². The highest BCUT2D eigenvalue weighted by atomic mass is 16.5. The molecular formula is C10H19NO3. The number of carbonyl (C=O) groups is 1. The van der Waals surface area contributed by atoms with E-state index >= 15 is 0 Å². The van der Waals surface area contributed by atoms with Gasteiger partial charge in [-0.2, -0.15) is 0 Å². The van der Waals surface area contributed by atoms with E-state index in [4.69, 9.17) is 9.84 Å². The van der Waals surface area contributed by atoms with Crippen molar-refractivity contribution in [2.45, 2.75) is 38.3 Å². The van der Waals surface area contributed by atoms with Crippen molar-refractivity contribution in [1.82, 2.24) is 5.32 Å². The Morgan fingerprint density at radius 3 is 2.86 bits per heavy atom. The second kappa shape index (κ2) is 5.32. The smallest absolute Gasteiger partial charge is 0.317 e. The van der Waals surface area contributed by atoms with Crippen LogP contribution < -0.4 is 5.32 Å². The predicted octanol–water partition coefficient (Wildman–Crippen LogP) is 0.864. The first-order chi connectivity index (χ1) is 6.63. The quantitative estimate of drug-likeness (QED) is 0.708. The first-order valence-corrected chi connectivity index (χ1v) is 5.11. The number of aliphatic carboxylic acids is 1. The van der Waals surface area contributed by atoms with Crippen LogP contribution in [0.4, 0.5) is 0 Å². The first kappa shape index (κ1) is 11.5. The fraction of sp³-hybridized carbons (Fsp3) is 0.900. The number of hydrogen-bond donors (Lipinski definition) is 2. The van der Waals surface area contributed by atoms with Crippen LogP contribution in [-0.4, -0.2) is 36.9 Å². The van der Waals surface area contributed by atoms with Crippen LogP contribution in [0.25, 0.3) is 0 Å². The molecule has 1 aliphatic carbocycles. The van der Waals surface area contributed by atoms with Crippen LogP contribution in [0.3, 0.4) is 0 Å². The number of carboxylic acid groups (broad SMARTS) is 1. The molecule has 0 saturated heterocycles. The van der Waals surface area contributed by atoms with Gasteiger partial charge in [0.1, 0.15) is 0 Å². The fourth-order valence-electron chi connectivity index (χ4n) is 2.03. The predicted molar refractivity (Wildman–Crippen MR) is 53.2 cm³/mol. The third kappa shape index (κ3) is 3.27. The minimum Gasteiger partial charge on any atom is -0.480 e. The molecule has 14 heavy (non-hydrogen) atoms. The summed E-state index contributed by atoms with van der Waals surface area (Å²) < 4.78 is 5.35. The summed E-state index contributed by atoms with van der Waals surface area (Å²) >= 11 is 0. The second-order valence-corrected chi connectivity index (χ2v) is 4.04. The summed E-state index contributed by atoms with van der Waals surface area (Å²) in [5, 5.41) is 11.6. The maximum absolute atomic E-state index is 10.4.